The van der Waals surface area contributed by atoms with Gasteiger partial charge in [-0.3, -0.25) is 4.79 Å². The van der Waals surface area contributed by atoms with Crippen LogP contribution >= 0.6 is 0 Å². The molecule has 2 saturated carbocycles. The number of fused-ring (bicyclic) bond motifs is 4. The van der Waals surface area contributed by atoms with E-state index in [1.54, 1.807) is 0 Å². The summed E-state index contributed by atoms with van der Waals surface area (Å²) in [5.74, 6) is 3.65. The van der Waals surface area contributed by atoms with Gasteiger partial charge in [0.1, 0.15) is 5.69 Å². The SMILES string of the molecule is COC1=CC2(CCn3c(C(=O)NC4CCN(C(C)C)CC4)cc4ccccc43)CC2C2CC12.[HH]. The van der Waals surface area contributed by atoms with E-state index in [0.717, 1.165) is 61.8 Å². The zero-order valence-corrected chi connectivity index (χ0v) is 20.2. The molecule has 1 saturated heterocycles. The Kier molecular flexibility index (Phi) is 5.09. The number of hydrogen-bond donors (Lipinski definition) is 1. The second kappa shape index (κ2) is 7.90. The molecule has 4 atom stereocenters. The summed E-state index contributed by atoms with van der Waals surface area (Å²) in [6.07, 6.45) is 8.18. The van der Waals surface area contributed by atoms with E-state index in [1.165, 1.54) is 24.1 Å². The number of carbonyl (C=O) groups excluding carboxylic acids is 1. The number of aryl methyl sites for hydroxylation is 1. The van der Waals surface area contributed by atoms with Gasteiger partial charge < -0.3 is 19.5 Å². The molecule has 2 aromatic rings. The zero-order valence-electron chi connectivity index (χ0n) is 20.2. The third kappa shape index (κ3) is 3.69. The number of aromatic nitrogens is 1. The van der Waals surface area contributed by atoms with Crippen LogP contribution in [-0.2, 0) is 11.3 Å². The molecule has 1 aromatic heterocycles. The third-order valence-corrected chi connectivity index (χ3v) is 9.00. The standard InChI is InChI=1S/C28H37N3O2.H2/c1-18(2)30-11-8-20(9-12-30)29-27(32)25-14-19-6-4-5-7-24(19)31(25)13-10-28-16-23(28)21-15-22(21)26(17-28)33-3;/h4-7,14,17-18,20-23H,8-13,15-16H2,1-3H3,(H,29,32);1H. The maximum absolute atomic E-state index is 13.4. The van der Waals surface area contributed by atoms with Crippen molar-refractivity contribution < 1.29 is 11.0 Å². The van der Waals surface area contributed by atoms with Crippen molar-refractivity contribution in [3.05, 3.63) is 47.9 Å². The minimum Gasteiger partial charge on any atom is -0.501 e. The van der Waals surface area contributed by atoms with Gasteiger partial charge in [-0.05, 0) is 81.4 Å². The number of ether oxygens (including phenoxy) is 1. The quantitative estimate of drug-likeness (QED) is 0.642. The van der Waals surface area contributed by atoms with E-state index in [1.807, 2.05) is 7.11 Å². The van der Waals surface area contributed by atoms with Crippen molar-refractivity contribution in [1.82, 2.24) is 14.8 Å². The molecule has 1 N–H and O–H groups in total. The Morgan fingerprint density at radius 2 is 2.06 bits per heavy atom. The van der Waals surface area contributed by atoms with Crippen LogP contribution in [0.25, 0.3) is 10.9 Å². The predicted octanol–water partition coefficient (Wildman–Crippen LogP) is 5.07. The van der Waals surface area contributed by atoms with Crippen LogP contribution < -0.4 is 5.32 Å². The van der Waals surface area contributed by atoms with Crippen LogP contribution in [0, 0.1) is 23.2 Å². The number of likely N-dealkylation sites (tertiary alicyclic amines) is 1. The smallest absolute Gasteiger partial charge is 0.268 e. The van der Waals surface area contributed by atoms with E-state index >= 15 is 0 Å². The number of nitrogens with one attached hydrogen (secondary N) is 1. The van der Waals surface area contributed by atoms with E-state index in [4.69, 9.17) is 4.74 Å². The average molecular weight is 450 g/mol. The van der Waals surface area contributed by atoms with E-state index < -0.39 is 0 Å². The van der Waals surface area contributed by atoms with Crippen LogP contribution in [0.1, 0.15) is 57.9 Å². The highest BCUT2D eigenvalue weighted by molar-refractivity contribution is 5.98. The molecular weight excluding hydrogens is 410 g/mol. The van der Waals surface area contributed by atoms with Gasteiger partial charge in [-0.2, -0.15) is 0 Å². The van der Waals surface area contributed by atoms with E-state index in [9.17, 15) is 4.79 Å². The minimum absolute atomic E-state index is 0. The van der Waals surface area contributed by atoms with Crippen molar-refractivity contribution in [2.24, 2.45) is 23.2 Å². The summed E-state index contributed by atoms with van der Waals surface area (Å²) in [6.45, 7) is 7.50. The lowest BCUT2D eigenvalue weighted by Crippen LogP contribution is -2.46. The lowest BCUT2D eigenvalue weighted by atomic mass is 9.91. The van der Waals surface area contributed by atoms with Gasteiger partial charge in [0, 0.05) is 50.0 Å². The second-order valence-corrected chi connectivity index (χ2v) is 11.2. The van der Waals surface area contributed by atoms with Crippen molar-refractivity contribution in [3.8, 4) is 0 Å². The van der Waals surface area contributed by atoms with Crippen molar-refractivity contribution in [2.75, 3.05) is 20.2 Å². The maximum atomic E-state index is 13.4. The first-order valence-electron chi connectivity index (χ1n) is 12.9. The number of piperidine rings is 1. The molecule has 0 spiro atoms. The summed E-state index contributed by atoms with van der Waals surface area (Å²) in [4.78, 5) is 15.9. The molecule has 3 aliphatic carbocycles. The van der Waals surface area contributed by atoms with Gasteiger partial charge in [0.15, 0.2) is 0 Å². The fraction of sp³-hybridized carbons (Fsp3) is 0.607. The predicted molar refractivity (Wildman–Crippen MR) is 133 cm³/mol. The Balaban J connectivity index is 0.00000241. The van der Waals surface area contributed by atoms with Gasteiger partial charge >= 0.3 is 0 Å². The Morgan fingerprint density at radius 1 is 1.27 bits per heavy atom. The maximum Gasteiger partial charge on any atom is 0.268 e. The number of hydrogen-bond acceptors (Lipinski definition) is 3. The zero-order chi connectivity index (χ0) is 22.7. The number of para-hydroxylation sites is 1. The first kappa shape index (κ1) is 21.3. The van der Waals surface area contributed by atoms with Gasteiger partial charge in [0.25, 0.3) is 5.91 Å². The molecule has 4 unspecified atom stereocenters. The molecule has 4 aliphatic rings. The molecule has 6 rings (SSSR count). The van der Waals surface area contributed by atoms with Crippen molar-refractivity contribution in [2.45, 2.75) is 64.6 Å². The number of rotatable bonds is 7. The fourth-order valence-electron chi connectivity index (χ4n) is 6.82. The number of carbonyl (C=O) groups is 1. The lowest BCUT2D eigenvalue weighted by Gasteiger charge is -2.34. The average Bonchev–Trinajstić information content (AvgIpc) is 3.71. The molecule has 3 fully saturated rings. The monoisotopic (exact) mass is 449 g/mol. The summed E-state index contributed by atoms with van der Waals surface area (Å²) in [7, 11) is 1.82. The summed E-state index contributed by atoms with van der Waals surface area (Å²) >= 11 is 0. The Labute approximate surface area is 198 Å². The Bertz CT molecular complexity index is 1100. The number of benzene rings is 1. The normalized spacial score (nSPS) is 31.2. The Morgan fingerprint density at radius 3 is 2.82 bits per heavy atom. The van der Waals surface area contributed by atoms with Gasteiger partial charge in [0.2, 0.25) is 0 Å². The lowest BCUT2D eigenvalue weighted by molar-refractivity contribution is 0.0891. The van der Waals surface area contributed by atoms with Gasteiger partial charge in [-0.15, -0.1) is 0 Å². The number of methoxy groups -OCH3 is 1. The molecule has 0 radical (unpaired) electrons. The van der Waals surface area contributed by atoms with Gasteiger partial charge in [0.05, 0.1) is 12.9 Å². The molecule has 5 heteroatoms. The number of amides is 1. The van der Waals surface area contributed by atoms with Crippen molar-refractivity contribution >= 4 is 16.8 Å². The molecule has 0 bridgehead atoms. The minimum atomic E-state index is 0. The fourth-order valence-corrected chi connectivity index (χ4v) is 6.82. The van der Waals surface area contributed by atoms with Crippen LogP contribution in [0.3, 0.4) is 0 Å². The highest BCUT2D eigenvalue weighted by atomic mass is 16.5. The Hall–Kier alpha value is -2.27. The molecule has 5 nitrogen and oxygen atoms in total. The van der Waals surface area contributed by atoms with Gasteiger partial charge in [-0.25, -0.2) is 0 Å². The molecule has 1 aromatic carbocycles. The third-order valence-electron chi connectivity index (χ3n) is 9.00. The highest BCUT2D eigenvalue weighted by Crippen LogP contribution is 2.72. The summed E-state index contributed by atoms with van der Waals surface area (Å²) in [5, 5.41) is 4.52. The molecule has 1 aliphatic heterocycles. The molecule has 33 heavy (non-hydrogen) atoms. The second-order valence-electron chi connectivity index (χ2n) is 11.2. The van der Waals surface area contributed by atoms with Crippen molar-refractivity contribution in [3.63, 3.8) is 0 Å². The molecular formula is C28H39N3O2. The molecule has 2 heterocycles. The summed E-state index contributed by atoms with van der Waals surface area (Å²) in [5.41, 5.74) is 2.26. The molecule has 178 valence electrons. The van der Waals surface area contributed by atoms with Crippen LogP contribution in [-0.4, -0.2) is 47.7 Å². The molecule has 1 amide bonds. The van der Waals surface area contributed by atoms with Crippen molar-refractivity contribution in [1.29, 1.82) is 0 Å². The van der Waals surface area contributed by atoms with E-state index in [0.29, 0.717) is 12.0 Å². The van der Waals surface area contributed by atoms with Crippen LogP contribution in [0.4, 0.5) is 0 Å². The van der Waals surface area contributed by atoms with Crippen LogP contribution in [0.5, 0.6) is 0 Å². The van der Waals surface area contributed by atoms with Crippen LogP contribution in [0.15, 0.2) is 42.2 Å². The number of allylic oxidation sites excluding steroid dienone is 2. The van der Waals surface area contributed by atoms with Crippen LogP contribution in [0.2, 0.25) is 0 Å². The van der Waals surface area contributed by atoms with Gasteiger partial charge in [-0.1, -0.05) is 18.2 Å². The van der Waals surface area contributed by atoms with E-state index in [-0.39, 0.29) is 18.8 Å². The highest BCUT2D eigenvalue weighted by Gasteiger charge is 2.66. The first-order chi connectivity index (χ1) is 16.0. The largest absolute Gasteiger partial charge is 0.501 e. The summed E-state index contributed by atoms with van der Waals surface area (Å²) < 4.78 is 8.01. The number of nitrogens with zero attached hydrogens (tertiary/aromatic N) is 2. The van der Waals surface area contributed by atoms with E-state index in [2.05, 4.69) is 65.0 Å². The summed E-state index contributed by atoms with van der Waals surface area (Å²) in [6, 6.07) is 11.4. The topological polar surface area (TPSA) is 46.5 Å². The first-order valence-corrected chi connectivity index (χ1v) is 12.9.